The Bertz CT molecular complexity index is 890. The van der Waals surface area contributed by atoms with Gasteiger partial charge >= 0.3 is 11.5 Å². The summed E-state index contributed by atoms with van der Waals surface area (Å²) < 4.78 is 9.93. The Kier molecular flexibility index (Phi) is 16.5. The predicted octanol–water partition coefficient (Wildman–Crippen LogP) is 9.47. The fourth-order valence-corrected chi connectivity index (χ4v) is 4.54. The highest BCUT2D eigenvalue weighted by Crippen LogP contribution is 2.27. The number of hydrogen-bond donors (Lipinski definition) is 0. The van der Waals surface area contributed by atoms with Gasteiger partial charge in [-0.25, -0.2) is 9.59 Å². The zero-order valence-electron chi connectivity index (χ0n) is 22.9. The minimum atomic E-state index is -0.770. The quantitative estimate of drug-likeness (QED) is 0.359. The summed E-state index contributed by atoms with van der Waals surface area (Å²) in [7, 11) is 0. The minimum absolute atomic E-state index is 0. The average Bonchev–Trinajstić information content (AvgIpc) is 2.91. The van der Waals surface area contributed by atoms with Crippen LogP contribution in [-0.4, -0.2) is 29.0 Å². The molecule has 0 unspecified atom stereocenters. The first-order valence-electron chi connectivity index (χ1n) is 13.6. The molecule has 4 rings (SSSR count). The van der Waals surface area contributed by atoms with Crippen molar-refractivity contribution in [3.63, 3.8) is 0 Å². The third-order valence-electron chi connectivity index (χ3n) is 7.06. The summed E-state index contributed by atoms with van der Waals surface area (Å²) in [6.07, 6.45) is 7.98. The first kappa shape index (κ1) is 33.5. The lowest BCUT2D eigenvalue weighted by atomic mass is 9.84. The van der Waals surface area contributed by atoms with Crippen LogP contribution < -0.4 is 0 Å². The van der Waals surface area contributed by atoms with E-state index in [1.807, 2.05) is 65.6 Å². The summed E-state index contributed by atoms with van der Waals surface area (Å²) in [4.78, 5) is 24.0. The van der Waals surface area contributed by atoms with Gasteiger partial charge in [0.15, 0.2) is 0 Å². The maximum atomic E-state index is 12.0. The van der Waals surface area contributed by atoms with Gasteiger partial charge in [0.05, 0.1) is 0 Å². The molecule has 2 aromatic rings. The van der Waals surface area contributed by atoms with E-state index in [0.29, 0.717) is 18.6 Å². The van der Waals surface area contributed by atoms with Crippen LogP contribution in [0.25, 0.3) is 0 Å². The molecule has 212 valence electrons. The molecule has 0 radical (unpaired) electrons. The SMILES string of the molecule is C.CC1CCC(C)CC1.C[C@H]1CC[C@H](C)N(C(=O)OCc2ccccc2)C1.O=C(Cl)OCc1ccccc1. The van der Waals surface area contributed by atoms with Crippen molar-refractivity contribution in [3.05, 3.63) is 71.8 Å². The van der Waals surface area contributed by atoms with Crippen LogP contribution in [0.5, 0.6) is 0 Å². The Morgan fingerprint density at radius 3 is 1.58 bits per heavy atom. The number of hydrogen-bond acceptors (Lipinski definition) is 4. The van der Waals surface area contributed by atoms with E-state index in [9.17, 15) is 9.59 Å². The van der Waals surface area contributed by atoms with Crippen LogP contribution in [0.3, 0.4) is 0 Å². The Morgan fingerprint density at radius 2 is 1.13 bits per heavy atom. The van der Waals surface area contributed by atoms with Crippen LogP contribution in [0.1, 0.15) is 84.8 Å². The summed E-state index contributed by atoms with van der Waals surface area (Å²) >= 11 is 4.97. The number of carbonyl (C=O) groups excluding carboxylic acids is 2. The van der Waals surface area contributed by atoms with E-state index in [1.165, 1.54) is 32.1 Å². The van der Waals surface area contributed by atoms with Gasteiger partial charge in [0.1, 0.15) is 13.2 Å². The van der Waals surface area contributed by atoms with Gasteiger partial charge in [-0.2, -0.15) is 0 Å². The molecule has 0 aromatic heterocycles. The topological polar surface area (TPSA) is 55.8 Å². The van der Waals surface area contributed by atoms with Crippen molar-refractivity contribution in [3.8, 4) is 0 Å². The van der Waals surface area contributed by atoms with Crippen molar-refractivity contribution in [1.82, 2.24) is 4.90 Å². The van der Waals surface area contributed by atoms with Crippen molar-refractivity contribution in [1.29, 1.82) is 0 Å². The highest BCUT2D eigenvalue weighted by Gasteiger charge is 2.27. The van der Waals surface area contributed by atoms with Crippen molar-refractivity contribution >= 4 is 23.1 Å². The summed E-state index contributed by atoms with van der Waals surface area (Å²) in [5.41, 5.74) is 1.19. The zero-order valence-corrected chi connectivity index (χ0v) is 23.7. The van der Waals surface area contributed by atoms with Crippen molar-refractivity contribution in [2.24, 2.45) is 17.8 Å². The number of nitrogens with zero attached hydrogens (tertiary/aromatic N) is 1. The largest absolute Gasteiger partial charge is 0.449 e. The summed E-state index contributed by atoms with van der Waals surface area (Å²) in [5, 5.41) is 0. The third-order valence-corrected chi connectivity index (χ3v) is 7.17. The molecule has 6 heteroatoms. The van der Waals surface area contributed by atoms with Crippen LogP contribution in [0.2, 0.25) is 0 Å². The number of carbonyl (C=O) groups is 2. The number of rotatable bonds is 4. The van der Waals surface area contributed by atoms with Gasteiger partial charge in [-0.05, 0) is 48.6 Å². The van der Waals surface area contributed by atoms with Gasteiger partial charge in [-0.1, -0.05) is 115 Å². The first-order valence-corrected chi connectivity index (χ1v) is 14.0. The number of likely N-dealkylation sites (tertiary alicyclic amines) is 1. The van der Waals surface area contributed by atoms with E-state index in [-0.39, 0.29) is 20.1 Å². The van der Waals surface area contributed by atoms with Crippen LogP contribution >= 0.6 is 11.6 Å². The predicted molar refractivity (Wildman–Crippen MR) is 157 cm³/mol. The number of halogens is 1. The Labute approximate surface area is 235 Å². The monoisotopic (exact) mass is 545 g/mol. The van der Waals surface area contributed by atoms with Crippen LogP contribution in [0.4, 0.5) is 9.59 Å². The lowest BCUT2D eigenvalue weighted by molar-refractivity contribution is 0.0613. The van der Waals surface area contributed by atoms with Crippen molar-refractivity contribution < 1.29 is 19.1 Å². The van der Waals surface area contributed by atoms with E-state index in [2.05, 4.69) is 32.4 Å². The standard InChI is InChI=1S/C15H21NO2.C8H7ClO2.C8H16.CH4/c1-12-8-9-13(2)16(10-12)15(17)18-11-14-6-4-3-5-7-14;9-8(10)11-6-7-4-2-1-3-5-7;1-7-3-5-8(2)6-4-7;/h3-7,12-13H,8-11H2,1-2H3;1-5H,6H2;7-8H,3-6H2,1-2H3;1H4/t12-,13-;;;/m0.../s1. The molecule has 2 aliphatic rings. The smallest absolute Gasteiger partial charge is 0.410 e. The highest BCUT2D eigenvalue weighted by atomic mass is 35.5. The van der Waals surface area contributed by atoms with Crippen molar-refractivity contribution in [2.75, 3.05) is 6.54 Å². The second kappa shape index (κ2) is 18.7. The summed E-state index contributed by atoms with van der Waals surface area (Å²) in [6.45, 7) is 10.4. The maximum absolute atomic E-state index is 12.0. The molecule has 0 N–H and O–H groups in total. The lowest BCUT2D eigenvalue weighted by Gasteiger charge is -2.35. The number of piperidine rings is 1. The molecule has 2 aromatic carbocycles. The Hall–Kier alpha value is -2.53. The van der Waals surface area contributed by atoms with Crippen LogP contribution in [0, 0.1) is 17.8 Å². The fraction of sp³-hybridized carbons (Fsp3) is 0.562. The lowest BCUT2D eigenvalue weighted by Crippen LogP contribution is -2.45. The normalized spacial score (nSPS) is 22.3. The molecular formula is C32H48ClNO4. The van der Waals surface area contributed by atoms with Crippen molar-refractivity contribution in [2.45, 2.75) is 92.9 Å². The Morgan fingerprint density at radius 1 is 0.711 bits per heavy atom. The molecule has 0 bridgehead atoms. The molecule has 38 heavy (non-hydrogen) atoms. The highest BCUT2D eigenvalue weighted by molar-refractivity contribution is 6.61. The van der Waals surface area contributed by atoms with E-state index in [0.717, 1.165) is 35.9 Å². The number of amides is 1. The van der Waals surface area contributed by atoms with Gasteiger partial charge in [-0.15, -0.1) is 0 Å². The average molecular weight is 546 g/mol. The first-order chi connectivity index (χ1) is 17.7. The summed E-state index contributed by atoms with van der Waals surface area (Å²) in [5.74, 6) is 2.61. The molecule has 0 spiro atoms. The van der Waals surface area contributed by atoms with Crippen LogP contribution in [-0.2, 0) is 22.7 Å². The number of ether oxygens (including phenoxy) is 2. The van der Waals surface area contributed by atoms with E-state index in [1.54, 1.807) is 0 Å². The molecule has 1 amide bonds. The molecule has 2 fully saturated rings. The molecule has 1 heterocycles. The maximum Gasteiger partial charge on any atom is 0.410 e. The van der Waals surface area contributed by atoms with Gasteiger partial charge in [0, 0.05) is 24.2 Å². The van der Waals surface area contributed by atoms with E-state index >= 15 is 0 Å². The second-order valence-electron chi connectivity index (χ2n) is 10.6. The van der Waals surface area contributed by atoms with E-state index < -0.39 is 5.43 Å². The zero-order chi connectivity index (χ0) is 27.0. The van der Waals surface area contributed by atoms with E-state index in [4.69, 9.17) is 16.3 Å². The van der Waals surface area contributed by atoms with Gasteiger partial charge < -0.3 is 14.4 Å². The van der Waals surface area contributed by atoms with Gasteiger partial charge in [0.25, 0.3) is 0 Å². The molecule has 1 saturated heterocycles. The number of benzene rings is 2. The van der Waals surface area contributed by atoms with Gasteiger partial charge in [-0.3, -0.25) is 0 Å². The molecule has 2 atom stereocenters. The fourth-order valence-electron chi connectivity index (χ4n) is 4.49. The van der Waals surface area contributed by atoms with Crippen LogP contribution in [0.15, 0.2) is 60.7 Å². The molecule has 1 aliphatic carbocycles. The molecule has 1 saturated carbocycles. The molecule has 1 aliphatic heterocycles. The summed E-state index contributed by atoms with van der Waals surface area (Å²) in [6, 6.07) is 19.5. The third kappa shape index (κ3) is 13.9. The molecule has 5 nitrogen and oxygen atoms in total. The van der Waals surface area contributed by atoms with Gasteiger partial charge in [0.2, 0.25) is 0 Å². The molecular weight excluding hydrogens is 498 g/mol. The second-order valence-corrected chi connectivity index (χ2v) is 10.9. The minimum Gasteiger partial charge on any atom is -0.449 e. The Balaban J connectivity index is 0.000000309.